The number of carbonyl (C=O) groups is 1. The summed E-state index contributed by atoms with van der Waals surface area (Å²) in [5.41, 5.74) is 7.26. The molecule has 2 N–H and O–H groups in total. The van der Waals surface area contributed by atoms with Crippen LogP contribution in [0, 0.1) is 0 Å². The number of primary amides is 1. The second-order valence-electron chi connectivity index (χ2n) is 3.27. The third kappa shape index (κ3) is 2.12. The van der Waals surface area contributed by atoms with Crippen molar-refractivity contribution in [1.82, 2.24) is 4.98 Å². The maximum Gasteiger partial charge on any atom is 0.249 e. The zero-order chi connectivity index (χ0) is 11.5. The SMILES string of the molecule is NC(=O)c1ccccc1-c1cc(Br)ccn1. The molecule has 0 aliphatic rings. The molecule has 2 rings (SSSR count). The quantitative estimate of drug-likeness (QED) is 0.917. The normalized spacial score (nSPS) is 10.1. The van der Waals surface area contributed by atoms with Crippen molar-refractivity contribution in [3.05, 3.63) is 52.6 Å². The van der Waals surface area contributed by atoms with E-state index in [1.54, 1.807) is 18.3 Å². The highest BCUT2D eigenvalue weighted by Crippen LogP contribution is 2.23. The molecule has 0 unspecified atom stereocenters. The Labute approximate surface area is 101 Å². The van der Waals surface area contributed by atoms with Crippen LogP contribution < -0.4 is 5.73 Å². The summed E-state index contributed by atoms with van der Waals surface area (Å²) in [6.07, 6.45) is 1.68. The van der Waals surface area contributed by atoms with E-state index in [-0.39, 0.29) is 0 Å². The van der Waals surface area contributed by atoms with Gasteiger partial charge in [0.15, 0.2) is 0 Å². The van der Waals surface area contributed by atoms with Gasteiger partial charge in [-0.3, -0.25) is 9.78 Å². The van der Waals surface area contributed by atoms with Gasteiger partial charge in [0.05, 0.1) is 5.69 Å². The average Bonchev–Trinajstić information content (AvgIpc) is 2.29. The maximum absolute atomic E-state index is 11.3. The Bertz CT molecular complexity index is 540. The molecule has 3 nitrogen and oxygen atoms in total. The van der Waals surface area contributed by atoms with Crippen molar-refractivity contribution < 1.29 is 4.79 Å². The molecule has 2 aromatic rings. The van der Waals surface area contributed by atoms with Crippen LogP contribution in [0.3, 0.4) is 0 Å². The molecule has 0 saturated heterocycles. The lowest BCUT2D eigenvalue weighted by molar-refractivity contribution is 0.100. The van der Waals surface area contributed by atoms with Crippen molar-refractivity contribution in [2.24, 2.45) is 5.73 Å². The number of nitrogens with two attached hydrogens (primary N) is 1. The Kier molecular flexibility index (Phi) is 3.01. The average molecular weight is 277 g/mol. The Balaban J connectivity index is 2.60. The molecule has 0 atom stereocenters. The van der Waals surface area contributed by atoms with Crippen LogP contribution in [-0.4, -0.2) is 10.9 Å². The van der Waals surface area contributed by atoms with Crippen LogP contribution in [0.25, 0.3) is 11.3 Å². The monoisotopic (exact) mass is 276 g/mol. The first-order valence-electron chi connectivity index (χ1n) is 4.69. The highest BCUT2D eigenvalue weighted by molar-refractivity contribution is 9.10. The van der Waals surface area contributed by atoms with Crippen LogP contribution in [0.1, 0.15) is 10.4 Å². The van der Waals surface area contributed by atoms with Gasteiger partial charge in [0.1, 0.15) is 0 Å². The first-order chi connectivity index (χ1) is 7.68. The highest BCUT2D eigenvalue weighted by atomic mass is 79.9. The minimum Gasteiger partial charge on any atom is -0.366 e. The fourth-order valence-electron chi connectivity index (χ4n) is 1.47. The summed E-state index contributed by atoms with van der Waals surface area (Å²) in [7, 11) is 0. The van der Waals surface area contributed by atoms with E-state index in [1.165, 1.54) is 0 Å². The Morgan fingerprint density at radius 1 is 1.25 bits per heavy atom. The second-order valence-corrected chi connectivity index (χ2v) is 4.18. The standard InChI is InChI=1S/C12H9BrN2O/c13-8-5-6-15-11(7-8)9-3-1-2-4-10(9)12(14)16/h1-7H,(H2,14,16). The van der Waals surface area contributed by atoms with Gasteiger partial charge in [0.2, 0.25) is 5.91 Å². The molecule has 1 heterocycles. The molecule has 0 aliphatic heterocycles. The van der Waals surface area contributed by atoms with E-state index in [9.17, 15) is 4.79 Å². The summed E-state index contributed by atoms with van der Waals surface area (Å²) >= 11 is 3.36. The summed E-state index contributed by atoms with van der Waals surface area (Å²) < 4.78 is 0.914. The van der Waals surface area contributed by atoms with Gasteiger partial charge in [-0.2, -0.15) is 0 Å². The minimum absolute atomic E-state index is 0.447. The summed E-state index contributed by atoms with van der Waals surface area (Å²) in [6, 6.07) is 10.8. The van der Waals surface area contributed by atoms with E-state index in [4.69, 9.17) is 5.73 Å². The molecule has 16 heavy (non-hydrogen) atoms. The number of amides is 1. The molecule has 0 fully saturated rings. The van der Waals surface area contributed by atoms with Crippen molar-refractivity contribution >= 4 is 21.8 Å². The highest BCUT2D eigenvalue weighted by Gasteiger charge is 2.09. The predicted molar refractivity (Wildman–Crippen MR) is 65.9 cm³/mol. The molecule has 0 radical (unpaired) electrons. The van der Waals surface area contributed by atoms with Crippen LogP contribution in [0.15, 0.2) is 47.1 Å². The third-order valence-electron chi connectivity index (χ3n) is 2.19. The smallest absolute Gasteiger partial charge is 0.249 e. The van der Waals surface area contributed by atoms with Gasteiger partial charge in [-0.1, -0.05) is 34.1 Å². The van der Waals surface area contributed by atoms with Crippen LogP contribution in [0.2, 0.25) is 0 Å². The van der Waals surface area contributed by atoms with Crippen LogP contribution >= 0.6 is 15.9 Å². The third-order valence-corrected chi connectivity index (χ3v) is 2.68. The number of aromatic nitrogens is 1. The van der Waals surface area contributed by atoms with E-state index in [1.807, 2.05) is 24.3 Å². The van der Waals surface area contributed by atoms with Crippen LogP contribution in [-0.2, 0) is 0 Å². The van der Waals surface area contributed by atoms with Crippen LogP contribution in [0.5, 0.6) is 0 Å². The second kappa shape index (κ2) is 4.45. The van der Waals surface area contributed by atoms with Gasteiger partial charge in [0, 0.05) is 21.8 Å². The molecular weight excluding hydrogens is 268 g/mol. The summed E-state index contributed by atoms with van der Waals surface area (Å²) in [5.74, 6) is -0.447. The van der Waals surface area contributed by atoms with Gasteiger partial charge in [-0.05, 0) is 18.2 Å². The lowest BCUT2D eigenvalue weighted by Crippen LogP contribution is -2.12. The van der Waals surface area contributed by atoms with E-state index in [0.717, 1.165) is 15.7 Å². The number of halogens is 1. The van der Waals surface area contributed by atoms with Crippen molar-refractivity contribution in [3.8, 4) is 11.3 Å². The van der Waals surface area contributed by atoms with Crippen LogP contribution in [0.4, 0.5) is 0 Å². The maximum atomic E-state index is 11.3. The number of carbonyl (C=O) groups excluding carboxylic acids is 1. The lowest BCUT2D eigenvalue weighted by atomic mass is 10.0. The Morgan fingerprint density at radius 3 is 2.69 bits per heavy atom. The largest absolute Gasteiger partial charge is 0.366 e. The molecule has 80 valence electrons. The van der Waals surface area contributed by atoms with Crippen molar-refractivity contribution in [3.63, 3.8) is 0 Å². The van der Waals surface area contributed by atoms with Gasteiger partial charge >= 0.3 is 0 Å². The van der Waals surface area contributed by atoms with Gasteiger partial charge < -0.3 is 5.73 Å². The number of rotatable bonds is 2. The molecular formula is C12H9BrN2O. The summed E-state index contributed by atoms with van der Waals surface area (Å²) in [6.45, 7) is 0. The molecule has 1 aromatic heterocycles. The van der Waals surface area contributed by atoms with Crippen molar-refractivity contribution in [1.29, 1.82) is 0 Å². The van der Waals surface area contributed by atoms with E-state index < -0.39 is 5.91 Å². The van der Waals surface area contributed by atoms with Gasteiger partial charge in [-0.25, -0.2) is 0 Å². The first-order valence-corrected chi connectivity index (χ1v) is 5.48. The first kappa shape index (κ1) is 10.8. The zero-order valence-corrected chi connectivity index (χ0v) is 9.94. The van der Waals surface area contributed by atoms with Gasteiger partial charge in [-0.15, -0.1) is 0 Å². The lowest BCUT2D eigenvalue weighted by Gasteiger charge is -2.05. The Hall–Kier alpha value is -1.68. The number of hydrogen-bond acceptors (Lipinski definition) is 2. The van der Waals surface area contributed by atoms with Crippen molar-refractivity contribution in [2.45, 2.75) is 0 Å². The fraction of sp³-hybridized carbons (Fsp3) is 0. The summed E-state index contributed by atoms with van der Waals surface area (Å²) in [4.78, 5) is 15.5. The summed E-state index contributed by atoms with van der Waals surface area (Å²) in [5, 5.41) is 0. The molecule has 1 aromatic carbocycles. The molecule has 0 aliphatic carbocycles. The zero-order valence-electron chi connectivity index (χ0n) is 8.35. The molecule has 0 spiro atoms. The predicted octanol–water partition coefficient (Wildman–Crippen LogP) is 2.61. The topological polar surface area (TPSA) is 56.0 Å². The number of nitrogens with zero attached hydrogens (tertiary/aromatic N) is 1. The number of hydrogen-bond donors (Lipinski definition) is 1. The Morgan fingerprint density at radius 2 is 2.00 bits per heavy atom. The van der Waals surface area contributed by atoms with Crippen molar-refractivity contribution in [2.75, 3.05) is 0 Å². The molecule has 4 heteroatoms. The number of pyridine rings is 1. The minimum atomic E-state index is -0.447. The molecule has 0 bridgehead atoms. The van der Waals surface area contributed by atoms with E-state index in [0.29, 0.717) is 5.56 Å². The number of benzene rings is 1. The van der Waals surface area contributed by atoms with E-state index in [2.05, 4.69) is 20.9 Å². The van der Waals surface area contributed by atoms with Gasteiger partial charge in [0.25, 0.3) is 0 Å². The molecule has 1 amide bonds. The molecule has 0 saturated carbocycles. The fourth-order valence-corrected chi connectivity index (χ4v) is 1.81. The van der Waals surface area contributed by atoms with E-state index >= 15 is 0 Å².